The number of pyridine rings is 1. The molecule has 6 heteroatoms. The maximum atomic E-state index is 12.3. The Bertz CT molecular complexity index is 646. The molecule has 2 rings (SSSR count). The van der Waals surface area contributed by atoms with E-state index in [1.165, 1.54) is 11.1 Å². The van der Waals surface area contributed by atoms with Crippen molar-refractivity contribution >= 4 is 40.7 Å². The van der Waals surface area contributed by atoms with Crippen LogP contribution in [-0.4, -0.2) is 22.8 Å². The van der Waals surface area contributed by atoms with Gasteiger partial charge in [-0.1, -0.05) is 40.9 Å². The molecule has 0 saturated heterocycles. The summed E-state index contributed by atoms with van der Waals surface area (Å²) in [5.41, 5.74) is 1.17. The molecule has 0 atom stereocenters. The number of carbonyl (C=O) groups excluding carboxylic acids is 1. The summed E-state index contributed by atoms with van der Waals surface area (Å²) in [6, 6.07) is 8.48. The summed E-state index contributed by atoms with van der Waals surface area (Å²) in [4.78, 5) is 17.7. The molecule has 3 nitrogen and oxygen atoms in total. The van der Waals surface area contributed by atoms with Crippen molar-refractivity contribution in [2.24, 2.45) is 0 Å². The Balaban J connectivity index is 2.18. The topological polar surface area (TPSA) is 33.2 Å². The molecular weight excluding hydrogens is 319 g/mol. The second-order valence-corrected chi connectivity index (χ2v) is 5.44. The predicted octanol–water partition coefficient (Wildman–Crippen LogP) is 4.31. The number of hydrogen-bond acceptors (Lipinski definition) is 2. The van der Waals surface area contributed by atoms with Crippen molar-refractivity contribution in [1.82, 2.24) is 9.88 Å². The first-order chi connectivity index (χ1) is 9.49. The van der Waals surface area contributed by atoms with Gasteiger partial charge < -0.3 is 4.90 Å². The van der Waals surface area contributed by atoms with E-state index in [0.29, 0.717) is 22.2 Å². The molecule has 104 valence electrons. The van der Waals surface area contributed by atoms with E-state index in [4.69, 9.17) is 34.8 Å². The zero-order chi connectivity index (χ0) is 14.7. The molecule has 0 unspecified atom stereocenters. The molecule has 1 aromatic carbocycles. The molecule has 0 spiro atoms. The molecular formula is C14H11Cl3N2O. The molecule has 0 aliphatic heterocycles. The maximum Gasteiger partial charge on any atom is 0.257 e. The molecule has 0 saturated carbocycles. The Morgan fingerprint density at radius 3 is 2.65 bits per heavy atom. The van der Waals surface area contributed by atoms with Gasteiger partial charge in [0.2, 0.25) is 0 Å². The number of benzene rings is 1. The summed E-state index contributed by atoms with van der Waals surface area (Å²) in [5, 5.41) is 1.27. The summed E-state index contributed by atoms with van der Waals surface area (Å²) in [5.74, 6) is -0.214. The third-order valence-electron chi connectivity index (χ3n) is 2.76. The average Bonchev–Trinajstić information content (AvgIpc) is 2.41. The van der Waals surface area contributed by atoms with E-state index in [0.717, 1.165) is 5.56 Å². The first kappa shape index (κ1) is 15.1. The maximum absolute atomic E-state index is 12.3. The van der Waals surface area contributed by atoms with E-state index in [1.54, 1.807) is 37.4 Å². The molecule has 0 radical (unpaired) electrons. The molecule has 1 aromatic heterocycles. The molecule has 0 N–H and O–H groups in total. The van der Waals surface area contributed by atoms with Crippen LogP contribution in [0, 0.1) is 0 Å². The van der Waals surface area contributed by atoms with Gasteiger partial charge in [0.05, 0.1) is 5.56 Å². The van der Waals surface area contributed by atoms with Gasteiger partial charge in [-0.15, -0.1) is 0 Å². The minimum Gasteiger partial charge on any atom is -0.337 e. The van der Waals surface area contributed by atoms with E-state index < -0.39 is 0 Å². The summed E-state index contributed by atoms with van der Waals surface area (Å²) in [6.07, 6.45) is 1.54. The SMILES string of the molecule is CN(Cc1ccc(Cl)cc1Cl)C(=O)c1cccnc1Cl. The largest absolute Gasteiger partial charge is 0.337 e. The number of amides is 1. The van der Waals surface area contributed by atoms with E-state index in [-0.39, 0.29) is 11.1 Å². The molecule has 0 aliphatic carbocycles. The highest BCUT2D eigenvalue weighted by Crippen LogP contribution is 2.23. The number of nitrogens with zero attached hydrogens (tertiary/aromatic N) is 2. The number of halogens is 3. The summed E-state index contributed by atoms with van der Waals surface area (Å²) < 4.78 is 0. The fourth-order valence-corrected chi connectivity index (χ4v) is 2.40. The van der Waals surface area contributed by atoms with Crippen LogP contribution < -0.4 is 0 Å². The molecule has 0 bridgehead atoms. The highest BCUT2D eigenvalue weighted by Gasteiger charge is 2.16. The third kappa shape index (κ3) is 3.42. The Morgan fingerprint density at radius 1 is 1.25 bits per heavy atom. The quantitative estimate of drug-likeness (QED) is 0.786. The first-order valence-corrected chi connectivity index (χ1v) is 6.92. The number of rotatable bonds is 3. The normalized spacial score (nSPS) is 10.4. The second kappa shape index (κ2) is 6.44. The van der Waals surface area contributed by atoms with Crippen LogP contribution in [-0.2, 0) is 6.54 Å². The van der Waals surface area contributed by atoms with Crippen LogP contribution in [0.1, 0.15) is 15.9 Å². The van der Waals surface area contributed by atoms with Crippen molar-refractivity contribution in [1.29, 1.82) is 0 Å². The minimum absolute atomic E-state index is 0.187. The van der Waals surface area contributed by atoms with Gasteiger partial charge in [-0.3, -0.25) is 4.79 Å². The van der Waals surface area contributed by atoms with Crippen molar-refractivity contribution in [3.63, 3.8) is 0 Å². The van der Waals surface area contributed by atoms with Gasteiger partial charge in [-0.25, -0.2) is 4.98 Å². The standard InChI is InChI=1S/C14H11Cl3N2O/c1-19(8-9-4-5-10(15)7-12(9)16)14(20)11-3-2-6-18-13(11)17/h2-7H,8H2,1H3. The number of aromatic nitrogens is 1. The van der Waals surface area contributed by atoms with Crippen LogP contribution in [0.2, 0.25) is 15.2 Å². The lowest BCUT2D eigenvalue weighted by Crippen LogP contribution is -2.26. The lowest BCUT2D eigenvalue weighted by Gasteiger charge is -2.18. The van der Waals surface area contributed by atoms with E-state index in [9.17, 15) is 4.79 Å². The van der Waals surface area contributed by atoms with Gasteiger partial charge in [0.25, 0.3) is 5.91 Å². The highest BCUT2D eigenvalue weighted by atomic mass is 35.5. The van der Waals surface area contributed by atoms with Gasteiger partial charge >= 0.3 is 0 Å². The second-order valence-electron chi connectivity index (χ2n) is 4.24. The van der Waals surface area contributed by atoms with Crippen LogP contribution in [0.15, 0.2) is 36.5 Å². The van der Waals surface area contributed by atoms with Crippen LogP contribution >= 0.6 is 34.8 Å². The smallest absolute Gasteiger partial charge is 0.257 e. The zero-order valence-corrected chi connectivity index (χ0v) is 12.9. The number of hydrogen-bond donors (Lipinski definition) is 0. The Morgan fingerprint density at radius 2 is 2.00 bits per heavy atom. The Kier molecular flexibility index (Phi) is 4.86. The van der Waals surface area contributed by atoms with Gasteiger partial charge in [0.1, 0.15) is 5.15 Å². The summed E-state index contributed by atoms with van der Waals surface area (Å²) in [7, 11) is 1.68. The average molecular weight is 330 g/mol. The zero-order valence-electron chi connectivity index (χ0n) is 10.6. The Labute approximate surface area is 132 Å². The van der Waals surface area contributed by atoms with E-state index >= 15 is 0 Å². The van der Waals surface area contributed by atoms with Crippen LogP contribution in [0.4, 0.5) is 0 Å². The van der Waals surface area contributed by atoms with Gasteiger partial charge in [0.15, 0.2) is 0 Å². The highest BCUT2D eigenvalue weighted by molar-refractivity contribution is 6.35. The summed E-state index contributed by atoms with van der Waals surface area (Å²) in [6.45, 7) is 0.361. The van der Waals surface area contributed by atoms with Crippen LogP contribution in [0.5, 0.6) is 0 Å². The van der Waals surface area contributed by atoms with E-state index in [2.05, 4.69) is 4.98 Å². The lowest BCUT2D eigenvalue weighted by molar-refractivity contribution is 0.0785. The number of carbonyl (C=O) groups is 1. The van der Waals surface area contributed by atoms with Gasteiger partial charge in [-0.05, 0) is 29.8 Å². The van der Waals surface area contributed by atoms with Crippen molar-refractivity contribution in [2.45, 2.75) is 6.54 Å². The van der Waals surface area contributed by atoms with Crippen molar-refractivity contribution < 1.29 is 4.79 Å². The fourth-order valence-electron chi connectivity index (χ4n) is 1.73. The van der Waals surface area contributed by atoms with Crippen LogP contribution in [0.25, 0.3) is 0 Å². The molecule has 1 heterocycles. The van der Waals surface area contributed by atoms with E-state index in [1.807, 2.05) is 0 Å². The molecule has 2 aromatic rings. The molecule has 0 aliphatic rings. The van der Waals surface area contributed by atoms with Crippen molar-refractivity contribution in [3.05, 3.63) is 62.9 Å². The predicted molar refractivity (Wildman–Crippen MR) is 81.5 cm³/mol. The third-order valence-corrected chi connectivity index (χ3v) is 3.65. The Hall–Kier alpha value is -1.29. The lowest BCUT2D eigenvalue weighted by atomic mass is 10.2. The molecule has 1 amide bonds. The van der Waals surface area contributed by atoms with Gasteiger partial charge in [0, 0.05) is 29.8 Å². The fraction of sp³-hybridized carbons (Fsp3) is 0.143. The van der Waals surface area contributed by atoms with Gasteiger partial charge in [-0.2, -0.15) is 0 Å². The summed E-state index contributed by atoms with van der Waals surface area (Å²) >= 11 is 17.9. The molecule has 0 fully saturated rings. The van der Waals surface area contributed by atoms with Crippen LogP contribution in [0.3, 0.4) is 0 Å². The van der Waals surface area contributed by atoms with Crippen molar-refractivity contribution in [3.8, 4) is 0 Å². The minimum atomic E-state index is -0.214. The monoisotopic (exact) mass is 328 g/mol. The van der Waals surface area contributed by atoms with Crippen molar-refractivity contribution in [2.75, 3.05) is 7.05 Å². The first-order valence-electron chi connectivity index (χ1n) is 5.79. The molecule has 20 heavy (non-hydrogen) atoms.